The summed E-state index contributed by atoms with van der Waals surface area (Å²) in [5.41, 5.74) is 3.67. The van der Waals surface area contributed by atoms with Crippen molar-refractivity contribution in [2.45, 2.75) is 76.0 Å². The van der Waals surface area contributed by atoms with E-state index in [2.05, 4.69) is 61.4 Å². The summed E-state index contributed by atoms with van der Waals surface area (Å²) in [6.45, 7) is 6.21. The molecule has 0 radical (unpaired) electrons. The van der Waals surface area contributed by atoms with Crippen LogP contribution in [0.15, 0.2) is 60.7 Å². The maximum absolute atomic E-state index is 9.84. The predicted octanol–water partition coefficient (Wildman–Crippen LogP) is 5.96. The van der Waals surface area contributed by atoms with Gasteiger partial charge in [-0.1, -0.05) is 69.2 Å². The van der Waals surface area contributed by atoms with Gasteiger partial charge in [0.2, 0.25) is 0 Å². The van der Waals surface area contributed by atoms with Crippen LogP contribution in [0.25, 0.3) is 10.8 Å². The first-order chi connectivity index (χ1) is 18.9. The molecular formula is C34H46N2O3. The van der Waals surface area contributed by atoms with Crippen LogP contribution < -0.4 is 14.8 Å². The number of hydrogen-bond acceptors (Lipinski definition) is 5. The van der Waals surface area contributed by atoms with Crippen LogP contribution in [-0.4, -0.2) is 62.0 Å². The van der Waals surface area contributed by atoms with Gasteiger partial charge in [0.15, 0.2) is 0 Å². The highest BCUT2D eigenvalue weighted by atomic mass is 16.5. The highest BCUT2D eigenvalue weighted by molar-refractivity contribution is 5.88. The van der Waals surface area contributed by atoms with Gasteiger partial charge in [-0.25, -0.2) is 0 Å². The molecule has 1 aliphatic heterocycles. The largest absolute Gasteiger partial charge is 0.497 e. The monoisotopic (exact) mass is 530 g/mol. The van der Waals surface area contributed by atoms with Gasteiger partial charge in [-0.3, -0.25) is 0 Å². The number of nitrogens with one attached hydrogen (secondary N) is 1. The molecule has 39 heavy (non-hydrogen) atoms. The molecule has 5 heteroatoms. The zero-order valence-electron chi connectivity index (χ0n) is 24.2. The molecule has 6 rings (SSSR count). The second kappa shape index (κ2) is 12.3. The molecule has 3 aromatic rings. The number of methoxy groups -OCH3 is 1. The van der Waals surface area contributed by atoms with Crippen LogP contribution in [0.5, 0.6) is 11.5 Å². The smallest absolute Gasteiger partial charge is 0.127 e. The minimum absolute atomic E-state index is 0.299. The summed E-state index contributed by atoms with van der Waals surface area (Å²) in [7, 11) is 4.12. The summed E-state index contributed by atoms with van der Waals surface area (Å²) < 4.78 is 11.2. The van der Waals surface area contributed by atoms with E-state index in [0.29, 0.717) is 24.6 Å². The van der Waals surface area contributed by atoms with Crippen molar-refractivity contribution >= 4 is 10.8 Å². The fourth-order valence-corrected chi connectivity index (χ4v) is 7.24. The van der Waals surface area contributed by atoms with Gasteiger partial charge in [0.25, 0.3) is 0 Å². The summed E-state index contributed by atoms with van der Waals surface area (Å²) >= 11 is 0. The third kappa shape index (κ3) is 5.96. The maximum Gasteiger partial charge on any atom is 0.127 e. The first kappa shape index (κ1) is 27.9. The van der Waals surface area contributed by atoms with E-state index >= 15 is 0 Å². The van der Waals surface area contributed by atoms with Gasteiger partial charge in [-0.15, -0.1) is 0 Å². The van der Waals surface area contributed by atoms with Crippen molar-refractivity contribution in [3.8, 4) is 11.5 Å². The zero-order valence-corrected chi connectivity index (χ0v) is 24.2. The Morgan fingerprint density at radius 3 is 2.69 bits per heavy atom. The van der Waals surface area contributed by atoms with Crippen LogP contribution >= 0.6 is 0 Å². The van der Waals surface area contributed by atoms with Crippen molar-refractivity contribution in [1.82, 2.24) is 10.2 Å². The molecule has 3 aliphatic rings. The topological polar surface area (TPSA) is 54.0 Å². The van der Waals surface area contributed by atoms with E-state index in [-0.39, 0.29) is 0 Å². The lowest BCUT2D eigenvalue weighted by Crippen LogP contribution is -2.59. The number of fused-ring (bicyclic) bond motifs is 2. The SMILES string of the molecule is CC(C)NCC(O)COc1cccc2ccccc12.COc1ccc2c(c1)[C@]13CCCC[C@@H]1[C@H](C2)N(C)CC3. The lowest BCUT2D eigenvalue weighted by Gasteiger charge is -2.58. The Hall–Kier alpha value is -2.60. The number of benzene rings is 3. The number of likely N-dealkylation sites (tertiary alicyclic amines) is 1. The summed E-state index contributed by atoms with van der Waals surface area (Å²) in [5, 5.41) is 15.3. The Balaban J connectivity index is 0.000000158. The standard InChI is InChI=1S/C18H25NO.C16H21NO2/c1-19-10-9-18-8-4-3-5-15(18)17(19)11-13-6-7-14(20-2)12-16(13)18;1-12(2)17-10-14(18)11-19-16-9-5-7-13-6-3-4-8-15(13)16/h6-7,12,15,17H,3-5,8-11H2,1-2H3;3-9,12,14,17-18H,10-11H2,1-2H3/t15-,17+,18+;/m1./s1. The van der Waals surface area contributed by atoms with Crippen molar-refractivity contribution in [3.05, 3.63) is 71.8 Å². The molecule has 210 valence electrons. The Morgan fingerprint density at radius 2 is 1.87 bits per heavy atom. The van der Waals surface area contributed by atoms with Crippen LogP contribution in [0, 0.1) is 5.92 Å². The molecule has 1 saturated carbocycles. The Morgan fingerprint density at radius 1 is 1.05 bits per heavy atom. The van der Waals surface area contributed by atoms with Crippen LogP contribution in [0.1, 0.15) is 57.1 Å². The maximum atomic E-state index is 9.84. The van der Waals surface area contributed by atoms with Gasteiger partial charge < -0.3 is 24.8 Å². The van der Waals surface area contributed by atoms with Crippen molar-refractivity contribution in [2.75, 3.05) is 33.9 Å². The third-order valence-corrected chi connectivity index (χ3v) is 9.26. The van der Waals surface area contributed by atoms with Crippen molar-refractivity contribution in [3.63, 3.8) is 0 Å². The molecule has 4 atom stereocenters. The number of likely N-dealkylation sites (N-methyl/N-ethyl adjacent to an activating group) is 1. The molecule has 1 heterocycles. The van der Waals surface area contributed by atoms with E-state index in [4.69, 9.17) is 9.47 Å². The summed E-state index contributed by atoms with van der Waals surface area (Å²) in [6, 6.07) is 22.0. The van der Waals surface area contributed by atoms with Crippen molar-refractivity contribution < 1.29 is 14.6 Å². The second-order valence-electron chi connectivity index (χ2n) is 12.0. The number of rotatable bonds is 7. The van der Waals surface area contributed by atoms with Crippen molar-refractivity contribution in [1.29, 1.82) is 0 Å². The van der Waals surface area contributed by atoms with Gasteiger partial charge >= 0.3 is 0 Å². The minimum atomic E-state index is -0.499. The van der Waals surface area contributed by atoms with Gasteiger partial charge in [0, 0.05) is 29.4 Å². The minimum Gasteiger partial charge on any atom is -0.497 e. The first-order valence-electron chi connectivity index (χ1n) is 14.8. The number of aliphatic hydroxyl groups excluding tert-OH is 1. The molecule has 0 spiro atoms. The molecule has 0 amide bonds. The summed E-state index contributed by atoms with van der Waals surface area (Å²) in [5.74, 6) is 2.73. The third-order valence-electron chi connectivity index (χ3n) is 9.26. The molecule has 2 aliphatic carbocycles. The lowest BCUT2D eigenvalue weighted by molar-refractivity contribution is 0.00274. The molecule has 2 N–H and O–H groups in total. The number of piperidine rings is 1. The van der Waals surface area contributed by atoms with Crippen LogP contribution in [0.3, 0.4) is 0 Å². The molecule has 0 aromatic heterocycles. The van der Waals surface area contributed by atoms with E-state index in [1.54, 1.807) is 18.2 Å². The normalized spacial score (nSPS) is 24.8. The Bertz CT molecular complexity index is 1240. The molecule has 5 nitrogen and oxygen atoms in total. The predicted molar refractivity (Wildman–Crippen MR) is 160 cm³/mol. The molecule has 2 bridgehead atoms. The molecule has 3 aromatic carbocycles. The highest BCUT2D eigenvalue weighted by Crippen LogP contribution is 2.55. The van der Waals surface area contributed by atoms with E-state index < -0.39 is 6.10 Å². The molecule has 1 saturated heterocycles. The lowest BCUT2D eigenvalue weighted by atomic mass is 9.52. The quantitative estimate of drug-likeness (QED) is 0.395. The average Bonchev–Trinajstić information content (AvgIpc) is 2.97. The fourth-order valence-electron chi connectivity index (χ4n) is 7.24. The average molecular weight is 531 g/mol. The molecule has 2 fully saturated rings. The number of aliphatic hydroxyl groups is 1. The number of ether oxygens (including phenoxy) is 2. The number of hydrogen-bond donors (Lipinski definition) is 2. The van der Waals surface area contributed by atoms with Crippen LogP contribution in [0.2, 0.25) is 0 Å². The van der Waals surface area contributed by atoms with E-state index in [1.165, 1.54) is 45.1 Å². The fraction of sp³-hybridized carbons (Fsp3) is 0.529. The Labute approximate surface area is 234 Å². The van der Waals surface area contributed by atoms with Gasteiger partial charge in [0.1, 0.15) is 24.2 Å². The van der Waals surface area contributed by atoms with Gasteiger partial charge in [-0.2, -0.15) is 0 Å². The van der Waals surface area contributed by atoms with Crippen molar-refractivity contribution in [2.24, 2.45) is 5.92 Å². The molecule has 1 unspecified atom stereocenters. The van der Waals surface area contributed by atoms with E-state index in [9.17, 15) is 5.11 Å². The van der Waals surface area contributed by atoms with Crippen LogP contribution in [0.4, 0.5) is 0 Å². The van der Waals surface area contributed by atoms with Gasteiger partial charge in [0.05, 0.1) is 7.11 Å². The van der Waals surface area contributed by atoms with Gasteiger partial charge in [-0.05, 0) is 79.9 Å². The van der Waals surface area contributed by atoms with E-state index in [1.807, 2.05) is 30.3 Å². The number of nitrogens with zero attached hydrogens (tertiary/aromatic N) is 1. The molecular weight excluding hydrogens is 484 g/mol. The highest BCUT2D eigenvalue weighted by Gasteiger charge is 2.53. The summed E-state index contributed by atoms with van der Waals surface area (Å²) in [6.07, 6.45) is 7.72. The first-order valence-corrected chi connectivity index (χ1v) is 14.8. The van der Waals surface area contributed by atoms with E-state index in [0.717, 1.165) is 34.2 Å². The zero-order chi connectivity index (χ0) is 27.4. The second-order valence-corrected chi connectivity index (χ2v) is 12.0. The Kier molecular flexibility index (Phi) is 8.80. The summed E-state index contributed by atoms with van der Waals surface area (Å²) in [4.78, 5) is 2.63. The van der Waals surface area contributed by atoms with Crippen LogP contribution in [-0.2, 0) is 11.8 Å².